The van der Waals surface area contributed by atoms with Gasteiger partial charge >= 0.3 is 31.4 Å². The number of nitrogens with zero attached hydrogens (tertiary/aromatic N) is 11. The second kappa shape index (κ2) is 34.7. The average Bonchev–Trinajstić information content (AvgIpc) is 1.66. The van der Waals surface area contributed by atoms with E-state index in [-0.39, 0.29) is 29.2 Å². The van der Waals surface area contributed by atoms with Gasteiger partial charge in [0.05, 0.1) is 53.0 Å². The van der Waals surface area contributed by atoms with E-state index in [1.807, 2.05) is 12.1 Å². The minimum Gasteiger partial charge on any atom is -0.444 e. The lowest BCUT2D eigenvalue weighted by atomic mass is 10.0. The fourth-order valence-corrected chi connectivity index (χ4v) is 11.5. The third kappa shape index (κ3) is 25.7. The molecular weight excluding hydrogens is 1400 g/mol. The minimum atomic E-state index is -4.81. The number of amides is 2. The number of alkyl halides is 12. The van der Waals surface area contributed by atoms with Crippen LogP contribution in [0.4, 0.5) is 57.5 Å². The number of likely N-dealkylation sites (N-methyl/N-ethyl adjacent to an activating group) is 3. The zero-order chi connectivity index (χ0) is 73.8. The molecule has 0 fully saturated rings. The van der Waals surface area contributed by atoms with E-state index in [1.54, 1.807) is 121 Å². The number of benzene rings is 6. The van der Waals surface area contributed by atoms with Crippen LogP contribution in [0.1, 0.15) is 94.2 Å². The van der Waals surface area contributed by atoms with Crippen molar-refractivity contribution in [2.45, 2.75) is 95.9 Å². The highest BCUT2D eigenvalue weighted by molar-refractivity contribution is 7.15. The summed E-state index contributed by atoms with van der Waals surface area (Å²) in [6.07, 6.45) is -19.2. The molecule has 0 saturated carbocycles. The van der Waals surface area contributed by atoms with E-state index in [1.165, 1.54) is 94.0 Å². The first kappa shape index (κ1) is 78.4. The summed E-state index contributed by atoms with van der Waals surface area (Å²) in [7, 11) is 5.03. The van der Waals surface area contributed by atoms with E-state index in [4.69, 9.17) is 25.3 Å². The Kier molecular flexibility index (Phi) is 27.2. The van der Waals surface area contributed by atoms with Gasteiger partial charge in [0.1, 0.15) is 52.9 Å². The number of halogens is 12. The van der Waals surface area contributed by atoms with Crippen LogP contribution in [0.25, 0.3) is 31.7 Å². The number of hydrogen-bond acceptors (Lipinski definition) is 20. The number of aromatic nitrogens is 6. The molecule has 0 aliphatic carbocycles. The van der Waals surface area contributed by atoms with Crippen molar-refractivity contribution in [1.29, 1.82) is 15.8 Å². The summed E-state index contributed by atoms with van der Waals surface area (Å²) in [6, 6.07) is 42.9. The first-order valence-electron chi connectivity index (χ1n) is 28.9. The maximum absolute atomic E-state index is 12.8. The van der Waals surface area contributed by atoms with Gasteiger partial charge < -0.3 is 34.1 Å². The number of rotatable bonds is 18. The third-order valence-corrected chi connectivity index (χ3v) is 16.5. The zero-order valence-corrected chi connectivity index (χ0v) is 55.8. The largest absolute Gasteiger partial charge is 0.573 e. The SMILES string of the molecule is CC(=O)N(C)[C@@H](Cc1ccc(C#N)cc1)c1nnc(-c2cccc(OC(F)(F)F)c2)s1.CN(C(=O)OC(C)(C)C)[C@@H](Cc1ccc(C#N)cc1)c1nnc(-c2cccc(OC(F)(F)F)c2)s1.CN[C@@H](Cc1ccc(C#N)cc1)c1nnc(-c2cccc(OC(F)(F)F)c2)s1.O=CC(F)(F)F. The molecule has 19 nitrogen and oxygen atoms in total. The number of carbonyl (C=O) groups is 3. The van der Waals surface area contributed by atoms with Crippen LogP contribution in [0.5, 0.6) is 17.2 Å². The van der Waals surface area contributed by atoms with Gasteiger partial charge in [0.2, 0.25) is 12.2 Å². The van der Waals surface area contributed by atoms with Gasteiger partial charge in [0.15, 0.2) is 0 Å². The highest BCUT2D eigenvalue weighted by Crippen LogP contribution is 2.38. The molecule has 0 spiro atoms. The van der Waals surface area contributed by atoms with E-state index in [2.05, 4.69) is 68.3 Å². The molecule has 0 radical (unpaired) electrons. The van der Waals surface area contributed by atoms with Crippen molar-refractivity contribution in [3.05, 3.63) is 194 Å². The molecular formula is C66H56F12N12O7S3. The number of nitrogens with one attached hydrogen (secondary N) is 1. The van der Waals surface area contributed by atoms with Gasteiger partial charge in [-0.1, -0.05) is 107 Å². The van der Waals surface area contributed by atoms with Gasteiger partial charge in [0.25, 0.3) is 0 Å². The predicted molar refractivity (Wildman–Crippen MR) is 343 cm³/mol. The van der Waals surface area contributed by atoms with Gasteiger partial charge in [0, 0.05) is 37.7 Å². The van der Waals surface area contributed by atoms with Crippen LogP contribution in [0.2, 0.25) is 0 Å². The van der Waals surface area contributed by atoms with Crippen molar-refractivity contribution in [3.63, 3.8) is 0 Å². The molecule has 0 bridgehead atoms. The molecule has 524 valence electrons. The molecule has 2 amide bonds. The van der Waals surface area contributed by atoms with Crippen LogP contribution < -0.4 is 19.5 Å². The average molecular weight is 1450 g/mol. The highest BCUT2D eigenvalue weighted by atomic mass is 32.1. The Morgan fingerprint density at radius 1 is 0.500 bits per heavy atom. The Bertz CT molecular complexity index is 4310. The summed E-state index contributed by atoms with van der Waals surface area (Å²) in [5.74, 6) is -1.19. The van der Waals surface area contributed by atoms with Crippen molar-refractivity contribution in [2.75, 3.05) is 21.1 Å². The topological polar surface area (TPSA) is 255 Å². The molecule has 3 aromatic heterocycles. The second-order valence-electron chi connectivity index (χ2n) is 21.9. The van der Waals surface area contributed by atoms with Gasteiger partial charge in [-0.05, 0) is 137 Å². The highest BCUT2D eigenvalue weighted by Gasteiger charge is 2.35. The summed E-state index contributed by atoms with van der Waals surface area (Å²) in [4.78, 5) is 36.5. The summed E-state index contributed by atoms with van der Waals surface area (Å²) in [5, 5.41) is 58.0. The Labute approximate surface area is 575 Å². The van der Waals surface area contributed by atoms with Crippen molar-refractivity contribution in [3.8, 4) is 67.2 Å². The van der Waals surface area contributed by atoms with Crippen LogP contribution in [-0.2, 0) is 33.6 Å². The van der Waals surface area contributed by atoms with Crippen molar-refractivity contribution < 1.29 is 86.0 Å². The number of hydrogen-bond donors (Lipinski definition) is 1. The van der Waals surface area contributed by atoms with Crippen LogP contribution in [0.15, 0.2) is 146 Å². The standard InChI is InChI=1S/C24H23F3N4O3S.C21H17F3N4O2S.C19H15F3N4OS.C2HF3O/c1-23(2,3)34-22(32)31(4)19(12-15-8-10-16(14-28)11-9-15)21-30-29-20(35-21)17-6-5-7-18(13-17)33-24(25,26)27;1-13(29)28(2)18(10-14-6-8-15(12-25)9-7-14)20-27-26-19(31-20)16-4-3-5-17(11-16)30-21(22,23)24;1-24-16(9-12-5-7-13(11-23)8-6-12)18-26-25-17(28-18)14-3-2-4-15(10-14)27-19(20,21)22;3-2(4,5)1-6/h5-11,13,19H,12H2,1-4H3;3-9,11,18H,10H2,1-2H3;2-8,10,16,24H,9H2,1H3;1H/t19-;18-;16-;/m000./s1. The smallest absolute Gasteiger partial charge is 0.444 e. The molecule has 1 N–H and O–H groups in total. The number of ether oxygens (including phenoxy) is 4. The van der Waals surface area contributed by atoms with Crippen LogP contribution in [0.3, 0.4) is 0 Å². The molecule has 6 aromatic carbocycles. The van der Waals surface area contributed by atoms with Crippen molar-refractivity contribution in [1.82, 2.24) is 45.7 Å². The molecule has 0 unspecified atom stereocenters. The molecule has 9 rings (SSSR count). The maximum atomic E-state index is 12.8. The molecule has 100 heavy (non-hydrogen) atoms. The molecule has 0 aliphatic rings. The number of aldehydes is 1. The minimum absolute atomic E-state index is 0.117. The van der Waals surface area contributed by atoms with Gasteiger partial charge in [-0.15, -0.1) is 70.1 Å². The summed E-state index contributed by atoms with van der Waals surface area (Å²) in [6.45, 7) is 6.71. The first-order valence-corrected chi connectivity index (χ1v) is 31.3. The molecule has 3 heterocycles. The predicted octanol–water partition coefficient (Wildman–Crippen LogP) is 16.1. The normalized spacial score (nSPS) is 12.3. The van der Waals surface area contributed by atoms with Crippen molar-refractivity contribution >= 4 is 52.3 Å². The summed E-state index contributed by atoms with van der Waals surface area (Å²) >= 11 is 3.64. The van der Waals surface area contributed by atoms with Crippen LogP contribution >= 0.6 is 34.0 Å². The maximum Gasteiger partial charge on any atom is 0.573 e. The molecule has 34 heteroatoms. The lowest BCUT2D eigenvalue weighted by Crippen LogP contribution is -2.37. The van der Waals surface area contributed by atoms with E-state index in [0.29, 0.717) is 82.7 Å². The van der Waals surface area contributed by atoms with Crippen LogP contribution in [0, 0.1) is 34.0 Å². The van der Waals surface area contributed by atoms with E-state index < -0.39 is 55.3 Å². The number of carbonyl (C=O) groups excluding carboxylic acids is 3. The Balaban J connectivity index is 0.000000228. The zero-order valence-electron chi connectivity index (χ0n) is 53.3. The molecule has 0 aliphatic heterocycles. The molecule has 9 aromatic rings. The Morgan fingerprint density at radius 3 is 1.10 bits per heavy atom. The van der Waals surface area contributed by atoms with E-state index in [9.17, 15) is 62.3 Å². The lowest BCUT2D eigenvalue weighted by molar-refractivity contribution is -0.275. The van der Waals surface area contributed by atoms with Gasteiger partial charge in [-0.25, -0.2) is 4.79 Å². The second-order valence-corrected chi connectivity index (χ2v) is 24.9. The van der Waals surface area contributed by atoms with E-state index >= 15 is 0 Å². The fourth-order valence-electron chi connectivity index (χ4n) is 8.54. The third-order valence-electron chi connectivity index (χ3n) is 13.3. The fraction of sp³-hybridized carbons (Fsp3) is 0.273. The number of nitriles is 3. The first-order chi connectivity index (χ1) is 46.9. The quantitative estimate of drug-likeness (QED) is 0.0619. The molecule has 0 saturated heterocycles. The lowest BCUT2D eigenvalue weighted by Gasteiger charge is -2.29. The summed E-state index contributed by atoms with van der Waals surface area (Å²) < 4.78 is 161. The molecule has 3 atom stereocenters. The van der Waals surface area contributed by atoms with Gasteiger partial charge in [-0.2, -0.15) is 29.0 Å². The Hall–Kier alpha value is -10.6. The van der Waals surface area contributed by atoms with Crippen LogP contribution in [-0.4, -0.2) is 111 Å². The summed E-state index contributed by atoms with van der Waals surface area (Å²) in [5.41, 5.74) is 5.00. The van der Waals surface area contributed by atoms with Crippen molar-refractivity contribution in [2.24, 2.45) is 0 Å². The van der Waals surface area contributed by atoms with E-state index in [0.717, 1.165) is 28.0 Å². The monoisotopic (exact) mass is 1450 g/mol. The van der Waals surface area contributed by atoms with Gasteiger partial charge in [-0.3, -0.25) is 9.59 Å². The Morgan fingerprint density at radius 2 is 0.810 bits per heavy atom.